The lowest BCUT2D eigenvalue weighted by Crippen LogP contribution is -2.43. The molecule has 1 aromatic carbocycles. The third-order valence-corrected chi connectivity index (χ3v) is 7.02. The molecule has 0 radical (unpaired) electrons. The van der Waals surface area contributed by atoms with Gasteiger partial charge in [0.15, 0.2) is 0 Å². The van der Waals surface area contributed by atoms with Crippen LogP contribution in [0.4, 0.5) is 5.69 Å². The molecule has 4 N–H and O–H groups in total. The zero-order chi connectivity index (χ0) is 20.0. The standard InChI is InChI=1S/C17H21Cl2N3O3S2/c1-11-5-7-12(8-6-11)21-17(23)13(4-2-3-9-20)22-27(24,25)14-10-15(18)26-16(14)19/h5-8,10,13,22H,2-4,9,20H2,1H3,(H,21,23)/t13-/m0/s1. The number of unbranched alkanes of at least 4 members (excludes halogenated alkanes) is 1. The van der Waals surface area contributed by atoms with Crippen LogP contribution in [0.15, 0.2) is 35.2 Å². The van der Waals surface area contributed by atoms with Gasteiger partial charge < -0.3 is 11.1 Å². The monoisotopic (exact) mass is 449 g/mol. The number of benzene rings is 1. The van der Waals surface area contributed by atoms with Gasteiger partial charge in [0.2, 0.25) is 15.9 Å². The Morgan fingerprint density at radius 3 is 2.44 bits per heavy atom. The normalized spacial score (nSPS) is 12.7. The van der Waals surface area contributed by atoms with Gasteiger partial charge in [0, 0.05) is 5.69 Å². The molecule has 27 heavy (non-hydrogen) atoms. The first-order valence-corrected chi connectivity index (χ1v) is 11.3. The summed E-state index contributed by atoms with van der Waals surface area (Å²) in [5.41, 5.74) is 7.14. The van der Waals surface area contributed by atoms with Crippen LogP contribution in [0.25, 0.3) is 0 Å². The molecule has 1 heterocycles. The van der Waals surface area contributed by atoms with E-state index in [0.29, 0.717) is 31.5 Å². The largest absolute Gasteiger partial charge is 0.330 e. The topological polar surface area (TPSA) is 101 Å². The van der Waals surface area contributed by atoms with Gasteiger partial charge in [-0.1, -0.05) is 47.3 Å². The summed E-state index contributed by atoms with van der Waals surface area (Å²) in [6.07, 6.45) is 1.59. The zero-order valence-electron chi connectivity index (χ0n) is 14.7. The van der Waals surface area contributed by atoms with E-state index in [0.717, 1.165) is 16.9 Å². The van der Waals surface area contributed by atoms with Crippen molar-refractivity contribution in [1.82, 2.24) is 4.72 Å². The number of anilines is 1. The number of hydrogen-bond donors (Lipinski definition) is 3. The van der Waals surface area contributed by atoms with Crippen LogP contribution in [0.3, 0.4) is 0 Å². The zero-order valence-corrected chi connectivity index (χ0v) is 17.8. The van der Waals surface area contributed by atoms with Crippen LogP contribution in [0, 0.1) is 6.92 Å². The summed E-state index contributed by atoms with van der Waals surface area (Å²) >= 11 is 12.8. The molecule has 0 saturated heterocycles. The van der Waals surface area contributed by atoms with E-state index in [1.54, 1.807) is 12.1 Å². The van der Waals surface area contributed by atoms with E-state index in [4.69, 9.17) is 28.9 Å². The molecule has 0 bridgehead atoms. The number of rotatable bonds is 9. The summed E-state index contributed by atoms with van der Waals surface area (Å²) in [5.74, 6) is -0.447. The summed E-state index contributed by atoms with van der Waals surface area (Å²) in [5, 5.41) is 2.74. The van der Waals surface area contributed by atoms with Crippen molar-refractivity contribution in [2.24, 2.45) is 5.73 Å². The summed E-state index contributed by atoms with van der Waals surface area (Å²) in [6.45, 7) is 2.40. The minimum atomic E-state index is -4.00. The molecule has 0 unspecified atom stereocenters. The third-order valence-electron chi connectivity index (χ3n) is 3.79. The SMILES string of the molecule is Cc1ccc(NC(=O)[C@H](CCCCN)NS(=O)(=O)c2cc(Cl)sc2Cl)cc1. The first-order valence-electron chi connectivity index (χ1n) is 8.27. The van der Waals surface area contributed by atoms with Crippen LogP contribution in [0.2, 0.25) is 8.67 Å². The number of carbonyl (C=O) groups excluding carboxylic acids is 1. The van der Waals surface area contributed by atoms with Crippen molar-refractivity contribution < 1.29 is 13.2 Å². The van der Waals surface area contributed by atoms with Crippen molar-refractivity contribution in [3.63, 3.8) is 0 Å². The summed E-state index contributed by atoms with van der Waals surface area (Å²) in [6, 6.07) is 7.54. The van der Waals surface area contributed by atoms with Gasteiger partial charge in [-0.25, -0.2) is 8.42 Å². The Kier molecular flexibility index (Phi) is 8.08. The van der Waals surface area contributed by atoms with Crippen LogP contribution in [-0.2, 0) is 14.8 Å². The van der Waals surface area contributed by atoms with E-state index in [1.165, 1.54) is 6.07 Å². The molecule has 0 aliphatic heterocycles. The van der Waals surface area contributed by atoms with Gasteiger partial charge in [0.05, 0.1) is 4.34 Å². The van der Waals surface area contributed by atoms with Gasteiger partial charge in [-0.15, -0.1) is 11.3 Å². The fourth-order valence-corrected chi connectivity index (χ4v) is 5.74. The number of nitrogens with one attached hydrogen (secondary N) is 2. The van der Waals surface area contributed by atoms with E-state index in [9.17, 15) is 13.2 Å². The Morgan fingerprint density at radius 2 is 1.89 bits per heavy atom. The molecule has 6 nitrogen and oxygen atoms in total. The molecule has 2 aromatic rings. The maximum absolute atomic E-state index is 12.7. The van der Waals surface area contributed by atoms with Gasteiger partial charge >= 0.3 is 0 Å². The Bertz CT molecular complexity index is 883. The number of thiophene rings is 1. The first kappa shape index (κ1) is 22.1. The van der Waals surface area contributed by atoms with Gasteiger partial charge in [-0.2, -0.15) is 4.72 Å². The fourth-order valence-electron chi connectivity index (χ4n) is 2.36. The third kappa shape index (κ3) is 6.44. The Hall–Kier alpha value is -1.16. The lowest BCUT2D eigenvalue weighted by atomic mass is 10.1. The van der Waals surface area contributed by atoms with Crippen LogP contribution < -0.4 is 15.8 Å². The number of sulfonamides is 1. The van der Waals surface area contributed by atoms with Crippen LogP contribution in [0.1, 0.15) is 24.8 Å². The number of carbonyl (C=O) groups is 1. The molecule has 0 fully saturated rings. The summed E-state index contributed by atoms with van der Waals surface area (Å²) < 4.78 is 28.1. The van der Waals surface area contributed by atoms with Crippen molar-refractivity contribution in [2.75, 3.05) is 11.9 Å². The summed E-state index contributed by atoms with van der Waals surface area (Å²) in [4.78, 5) is 12.5. The van der Waals surface area contributed by atoms with Gasteiger partial charge in [0.25, 0.3) is 0 Å². The van der Waals surface area contributed by atoms with E-state index in [1.807, 2.05) is 19.1 Å². The van der Waals surface area contributed by atoms with E-state index in [-0.39, 0.29) is 13.6 Å². The van der Waals surface area contributed by atoms with Crippen molar-refractivity contribution in [3.8, 4) is 0 Å². The van der Waals surface area contributed by atoms with Crippen molar-refractivity contribution >= 4 is 56.2 Å². The summed E-state index contributed by atoms with van der Waals surface area (Å²) in [7, 11) is -4.00. The second kappa shape index (κ2) is 9.86. The lowest BCUT2D eigenvalue weighted by Gasteiger charge is -2.18. The molecule has 1 amide bonds. The predicted molar refractivity (Wildman–Crippen MR) is 111 cm³/mol. The highest BCUT2D eigenvalue weighted by Gasteiger charge is 2.28. The molecule has 1 aromatic heterocycles. The fraction of sp³-hybridized carbons (Fsp3) is 0.353. The Labute approximate surface area is 173 Å². The molecule has 1 atom stereocenters. The van der Waals surface area contributed by atoms with Crippen molar-refractivity contribution in [2.45, 2.75) is 37.1 Å². The number of halogens is 2. The maximum Gasteiger partial charge on any atom is 0.243 e. The average Bonchev–Trinajstić information content (AvgIpc) is 2.95. The Morgan fingerprint density at radius 1 is 1.22 bits per heavy atom. The second-order valence-electron chi connectivity index (χ2n) is 6.00. The van der Waals surface area contributed by atoms with Gasteiger partial charge in [0.1, 0.15) is 15.3 Å². The van der Waals surface area contributed by atoms with Crippen LogP contribution in [-0.4, -0.2) is 26.9 Å². The molecular formula is C17H21Cl2N3O3S2. The first-order chi connectivity index (χ1) is 12.7. The lowest BCUT2D eigenvalue weighted by molar-refractivity contribution is -0.117. The quantitative estimate of drug-likeness (QED) is 0.506. The molecule has 0 spiro atoms. The average molecular weight is 450 g/mol. The molecule has 0 saturated carbocycles. The van der Waals surface area contributed by atoms with Gasteiger partial charge in [-0.3, -0.25) is 4.79 Å². The molecule has 2 rings (SSSR count). The molecule has 0 aliphatic carbocycles. The van der Waals surface area contributed by atoms with Crippen molar-refractivity contribution in [3.05, 3.63) is 44.6 Å². The van der Waals surface area contributed by atoms with Crippen LogP contribution in [0.5, 0.6) is 0 Å². The Balaban J connectivity index is 2.18. The highest BCUT2D eigenvalue weighted by atomic mass is 35.5. The van der Waals surface area contributed by atoms with Crippen LogP contribution >= 0.6 is 34.5 Å². The van der Waals surface area contributed by atoms with Gasteiger partial charge in [-0.05, 0) is 44.5 Å². The number of aryl methyl sites for hydroxylation is 1. The predicted octanol–water partition coefficient (Wildman–Crippen LogP) is 3.78. The van der Waals surface area contributed by atoms with Crippen molar-refractivity contribution in [1.29, 1.82) is 0 Å². The number of amides is 1. The molecule has 10 heteroatoms. The highest BCUT2D eigenvalue weighted by Crippen LogP contribution is 2.34. The highest BCUT2D eigenvalue weighted by molar-refractivity contribution is 7.89. The maximum atomic E-state index is 12.7. The second-order valence-corrected chi connectivity index (χ2v) is 9.97. The molecular weight excluding hydrogens is 429 g/mol. The van der Waals surface area contributed by atoms with E-state index >= 15 is 0 Å². The minimum Gasteiger partial charge on any atom is -0.330 e. The number of hydrogen-bond acceptors (Lipinski definition) is 5. The smallest absolute Gasteiger partial charge is 0.243 e. The molecule has 148 valence electrons. The van der Waals surface area contributed by atoms with E-state index in [2.05, 4.69) is 10.0 Å². The minimum absolute atomic E-state index is 0.0483. The molecule has 0 aliphatic rings. The number of nitrogens with two attached hydrogens (primary N) is 1. The van der Waals surface area contributed by atoms with E-state index < -0.39 is 22.0 Å².